The lowest BCUT2D eigenvalue weighted by molar-refractivity contribution is -0.483. The van der Waals surface area contributed by atoms with E-state index in [9.17, 15) is 14.9 Å². The maximum absolute atomic E-state index is 10.7. The molecule has 1 N–H and O–H groups in total. The van der Waals surface area contributed by atoms with Gasteiger partial charge in [0.2, 0.25) is 6.54 Å². The van der Waals surface area contributed by atoms with Gasteiger partial charge in [-0.1, -0.05) is 12.1 Å². The summed E-state index contributed by atoms with van der Waals surface area (Å²) in [5, 5.41) is 19.2. The maximum Gasteiger partial charge on any atom is 0.304 e. The van der Waals surface area contributed by atoms with Crippen molar-refractivity contribution in [1.29, 1.82) is 0 Å². The number of ether oxygens (including phenoxy) is 1. The first kappa shape index (κ1) is 13.0. The summed E-state index contributed by atoms with van der Waals surface area (Å²) in [6, 6.07) is 6.67. The van der Waals surface area contributed by atoms with Crippen LogP contribution in [0.3, 0.4) is 0 Å². The summed E-state index contributed by atoms with van der Waals surface area (Å²) in [5.41, 5.74) is 0.600. The van der Waals surface area contributed by atoms with E-state index >= 15 is 0 Å². The molecule has 1 aromatic carbocycles. The Bertz CT molecular complexity index is 402. The first-order valence-corrected chi connectivity index (χ1v) is 5.00. The normalized spacial score (nSPS) is 11.8. The minimum atomic E-state index is -1.06. The lowest BCUT2D eigenvalue weighted by Gasteiger charge is -2.11. The fourth-order valence-corrected chi connectivity index (χ4v) is 1.57. The Hall–Kier alpha value is -2.11. The van der Waals surface area contributed by atoms with E-state index in [0.29, 0.717) is 11.3 Å². The van der Waals surface area contributed by atoms with Crippen LogP contribution in [0.5, 0.6) is 5.75 Å². The monoisotopic (exact) mass is 239 g/mol. The lowest BCUT2D eigenvalue weighted by Crippen LogP contribution is -2.16. The van der Waals surface area contributed by atoms with Gasteiger partial charge in [0, 0.05) is 4.92 Å². The molecule has 1 aromatic rings. The van der Waals surface area contributed by atoms with E-state index in [2.05, 4.69) is 0 Å². The Labute approximate surface area is 98.0 Å². The van der Waals surface area contributed by atoms with E-state index in [1.807, 2.05) is 0 Å². The maximum atomic E-state index is 10.7. The summed E-state index contributed by atoms with van der Waals surface area (Å²) in [5.74, 6) is -1.14. The zero-order valence-corrected chi connectivity index (χ0v) is 9.33. The molecule has 1 unspecified atom stereocenters. The number of methoxy groups -OCH3 is 1. The van der Waals surface area contributed by atoms with Crippen LogP contribution < -0.4 is 4.74 Å². The van der Waals surface area contributed by atoms with E-state index in [0.717, 1.165) is 0 Å². The summed E-state index contributed by atoms with van der Waals surface area (Å²) in [4.78, 5) is 20.7. The summed E-state index contributed by atoms with van der Waals surface area (Å²) in [6.07, 6.45) is -0.270. The Kier molecular flexibility index (Phi) is 4.45. The van der Waals surface area contributed by atoms with Crippen LogP contribution in [0, 0.1) is 10.1 Å². The molecule has 6 heteroatoms. The fraction of sp³-hybridized carbons (Fsp3) is 0.364. The van der Waals surface area contributed by atoms with E-state index in [4.69, 9.17) is 9.84 Å². The Morgan fingerprint density at radius 1 is 1.59 bits per heavy atom. The largest absolute Gasteiger partial charge is 0.497 e. The van der Waals surface area contributed by atoms with Gasteiger partial charge in [-0.3, -0.25) is 14.9 Å². The molecule has 0 saturated carbocycles. The van der Waals surface area contributed by atoms with Crippen molar-refractivity contribution in [2.75, 3.05) is 13.7 Å². The van der Waals surface area contributed by atoms with Crippen molar-refractivity contribution in [2.24, 2.45) is 0 Å². The molecule has 1 rings (SSSR count). The van der Waals surface area contributed by atoms with Crippen molar-refractivity contribution in [1.82, 2.24) is 0 Å². The molecule has 0 saturated heterocycles. The third-order valence-electron chi connectivity index (χ3n) is 2.36. The summed E-state index contributed by atoms with van der Waals surface area (Å²) in [7, 11) is 1.48. The first-order valence-electron chi connectivity index (χ1n) is 5.00. The van der Waals surface area contributed by atoms with E-state index < -0.39 is 23.4 Å². The van der Waals surface area contributed by atoms with Crippen molar-refractivity contribution >= 4 is 5.97 Å². The topological polar surface area (TPSA) is 89.7 Å². The van der Waals surface area contributed by atoms with Crippen LogP contribution in [0.1, 0.15) is 17.9 Å². The molecule has 0 aliphatic heterocycles. The number of carbonyl (C=O) groups is 1. The van der Waals surface area contributed by atoms with Gasteiger partial charge in [-0.05, 0) is 17.7 Å². The molecule has 0 bridgehead atoms. The molecular weight excluding hydrogens is 226 g/mol. The molecule has 0 aliphatic rings. The van der Waals surface area contributed by atoms with Crippen molar-refractivity contribution in [3.8, 4) is 5.75 Å². The van der Waals surface area contributed by atoms with Gasteiger partial charge in [-0.2, -0.15) is 0 Å². The van der Waals surface area contributed by atoms with Gasteiger partial charge in [0.1, 0.15) is 5.75 Å². The minimum absolute atomic E-state index is 0.270. The van der Waals surface area contributed by atoms with Gasteiger partial charge < -0.3 is 9.84 Å². The predicted octanol–water partition coefficient (Wildman–Crippen LogP) is 1.53. The summed E-state index contributed by atoms with van der Waals surface area (Å²) in [6.45, 7) is -0.403. The van der Waals surface area contributed by atoms with Crippen molar-refractivity contribution in [3.63, 3.8) is 0 Å². The van der Waals surface area contributed by atoms with Crippen LogP contribution in [0.2, 0.25) is 0 Å². The van der Waals surface area contributed by atoms with Crippen LogP contribution in [-0.4, -0.2) is 29.7 Å². The molecule has 0 fully saturated rings. The smallest absolute Gasteiger partial charge is 0.304 e. The van der Waals surface area contributed by atoms with E-state index in [1.54, 1.807) is 24.3 Å². The highest BCUT2D eigenvalue weighted by Crippen LogP contribution is 2.23. The number of carboxylic acid groups (broad SMARTS) is 1. The number of nitro groups is 1. The Balaban J connectivity index is 2.94. The fourth-order valence-electron chi connectivity index (χ4n) is 1.57. The number of carboxylic acids is 1. The predicted molar refractivity (Wildman–Crippen MR) is 59.8 cm³/mol. The van der Waals surface area contributed by atoms with Gasteiger partial charge in [0.05, 0.1) is 19.4 Å². The number of rotatable bonds is 6. The second-order valence-corrected chi connectivity index (χ2v) is 3.59. The number of hydrogen-bond acceptors (Lipinski definition) is 4. The van der Waals surface area contributed by atoms with Crippen molar-refractivity contribution in [2.45, 2.75) is 12.3 Å². The molecule has 0 aromatic heterocycles. The van der Waals surface area contributed by atoms with Crippen LogP contribution in [-0.2, 0) is 4.79 Å². The highest BCUT2D eigenvalue weighted by Gasteiger charge is 2.21. The third-order valence-corrected chi connectivity index (χ3v) is 2.36. The van der Waals surface area contributed by atoms with E-state index in [1.165, 1.54) is 7.11 Å². The number of nitrogens with zero attached hydrogens (tertiary/aromatic N) is 1. The van der Waals surface area contributed by atoms with Gasteiger partial charge in [-0.15, -0.1) is 0 Å². The highest BCUT2D eigenvalue weighted by atomic mass is 16.6. The number of hydrogen-bond donors (Lipinski definition) is 1. The van der Waals surface area contributed by atoms with Crippen LogP contribution in [0.25, 0.3) is 0 Å². The lowest BCUT2D eigenvalue weighted by atomic mass is 9.95. The van der Waals surface area contributed by atoms with Crippen LogP contribution >= 0.6 is 0 Å². The van der Waals surface area contributed by atoms with Crippen molar-refractivity contribution < 1.29 is 19.6 Å². The first-order chi connectivity index (χ1) is 8.02. The van der Waals surface area contributed by atoms with Crippen LogP contribution in [0.15, 0.2) is 24.3 Å². The minimum Gasteiger partial charge on any atom is -0.497 e. The zero-order chi connectivity index (χ0) is 12.8. The van der Waals surface area contributed by atoms with Crippen LogP contribution in [0.4, 0.5) is 0 Å². The standard InChI is InChI=1S/C11H13NO5/c1-17-10-4-2-3-8(5-10)9(6-11(13)14)7-12(15)16/h2-5,9H,6-7H2,1H3,(H,13,14). The van der Waals surface area contributed by atoms with Crippen molar-refractivity contribution in [3.05, 3.63) is 39.9 Å². The zero-order valence-electron chi connectivity index (χ0n) is 9.33. The summed E-state index contributed by atoms with van der Waals surface area (Å²) < 4.78 is 5.00. The van der Waals surface area contributed by atoms with Gasteiger partial charge in [0.15, 0.2) is 0 Å². The molecule has 0 radical (unpaired) electrons. The molecular formula is C11H13NO5. The molecule has 0 heterocycles. The number of benzene rings is 1. The molecule has 0 spiro atoms. The Morgan fingerprint density at radius 3 is 2.82 bits per heavy atom. The summed E-state index contributed by atoms with van der Waals surface area (Å²) >= 11 is 0. The molecule has 92 valence electrons. The third kappa shape index (κ3) is 4.10. The molecule has 0 amide bonds. The molecule has 6 nitrogen and oxygen atoms in total. The quantitative estimate of drug-likeness (QED) is 0.600. The van der Waals surface area contributed by atoms with E-state index in [-0.39, 0.29) is 6.42 Å². The average molecular weight is 239 g/mol. The molecule has 17 heavy (non-hydrogen) atoms. The van der Waals surface area contributed by atoms with Gasteiger partial charge >= 0.3 is 5.97 Å². The van der Waals surface area contributed by atoms with Gasteiger partial charge in [-0.25, -0.2) is 0 Å². The molecule has 0 aliphatic carbocycles. The second kappa shape index (κ2) is 5.83. The average Bonchev–Trinajstić information content (AvgIpc) is 2.27. The van der Waals surface area contributed by atoms with Gasteiger partial charge in [0.25, 0.3) is 0 Å². The Morgan fingerprint density at radius 2 is 2.29 bits per heavy atom. The second-order valence-electron chi connectivity index (χ2n) is 3.59. The highest BCUT2D eigenvalue weighted by molar-refractivity contribution is 5.68. The molecule has 1 atom stereocenters. The SMILES string of the molecule is COc1cccc(C(CC(=O)O)C[N+](=O)[O-])c1. The number of aliphatic carboxylic acids is 1.